The molecule has 0 aliphatic rings. The molecular formula is C20H19ClN4O3. The van der Waals surface area contributed by atoms with Gasteiger partial charge in [0.25, 0.3) is 5.91 Å². The van der Waals surface area contributed by atoms with Crippen LogP contribution in [-0.4, -0.2) is 40.0 Å². The number of carbonyl (C=O) groups excluding carboxylic acids is 2. The Kier molecular flexibility index (Phi) is 6.06. The van der Waals surface area contributed by atoms with Crippen molar-refractivity contribution in [3.05, 3.63) is 71.0 Å². The highest BCUT2D eigenvalue weighted by molar-refractivity contribution is 6.30. The van der Waals surface area contributed by atoms with Gasteiger partial charge in [-0.2, -0.15) is 9.90 Å². The normalized spacial score (nSPS) is 10.5. The second kappa shape index (κ2) is 8.67. The van der Waals surface area contributed by atoms with Crippen molar-refractivity contribution in [3.63, 3.8) is 0 Å². The zero-order valence-electron chi connectivity index (χ0n) is 15.5. The highest BCUT2D eigenvalue weighted by atomic mass is 35.5. The van der Waals surface area contributed by atoms with E-state index in [1.165, 1.54) is 4.80 Å². The summed E-state index contributed by atoms with van der Waals surface area (Å²) in [5.41, 5.74) is 1.81. The third-order valence-corrected chi connectivity index (χ3v) is 4.26. The summed E-state index contributed by atoms with van der Waals surface area (Å²) in [7, 11) is 0. The molecule has 0 unspecified atom stereocenters. The van der Waals surface area contributed by atoms with Gasteiger partial charge in [-0.05, 0) is 44.2 Å². The van der Waals surface area contributed by atoms with E-state index < -0.39 is 5.97 Å². The fourth-order valence-corrected chi connectivity index (χ4v) is 2.85. The molecule has 0 aliphatic carbocycles. The van der Waals surface area contributed by atoms with Crippen LogP contribution in [0.3, 0.4) is 0 Å². The van der Waals surface area contributed by atoms with Gasteiger partial charge in [0.1, 0.15) is 0 Å². The number of anilines is 1. The minimum absolute atomic E-state index is 0.0514. The predicted molar refractivity (Wildman–Crippen MR) is 106 cm³/mol. The maximum atomic E-state index is 12.5. The van der Waals surface area contributed by atoms with Gasteiger partial charge in [0, 0.05) is 17.3 Å². The van der Waals surface area contributed by atoms with Crippen LogP contribution >= 0.6 is 11.6 Å². The lowest BCUT2D eigenvalue weighted by Crippen LogP contribution is -2.34. The van der Waals surface area contributed by atoms with Gasteiger partial charge in [-0.3, -0.25) is 4.79 Å². The molecule has 0 saturated carbocycles. The molecule has 0 N–H and O–H groups in total. The molecule has 0 spiro atoms. The Balaban J connectivity index is 1.69. The lowest BCUT2D eigenvalue weighted by molar-refractivity contribution is -0.121. The zero-order valence-corrected chi connectivity index (χ0v) is 16.3. The molecule has 8 heteroatoms. The quantitative estimate of drug-likeness (QED) is 0.594. The number of hydrogen-bond acceptors (Lipinski definition) is 5. The highest BCUT2D eigenvalue weighted by Crippen LogP contribution is 2.16. The van der Waals surface area contributed by atoms with Gasteiger partial charge in [0.05, 0.1) is 11.4 Å². The number of halogens is 1. The van der Waals surface area contributed by atoms with Crippen LogP contribution < -0.4 is 4.90 Å². The monoisotopic (exact) mass is 398 g/mol. The molecule has 0 saturated heterocycles. The number of rotatable bonds is 6. The molecule has 0 atom stereocenters. The van der Waals surface area contributed by atoms with E-state index in [9.17, 15) is 9.59 Å². The number of benzene rings is 2. The Labute approximate surface area is 167 Å². The molecule has 0 bridgehead atoms. The molecule has 0 fully saturated rings. The summed E-state index contributed by atoms with van der Waals surface area (Å²) >= 11 is 5.98. The molecule has 28 heavy (non-hydrogen) atoms. The van der Waals surface area contributed by atoms with Gasteiger partial charge in [-0.1, -0.05) is 35.9 Å². The molecule has 144 valence electrons. The van der Waals surface area contributed by atoms with Crippen LogP contribution in [0.2, 0.25) is 5.02 Å². The fourth-order valence-electron chi connectivity index (χ4n) is 2.67. The third-order valence-electron chi connectivity index (χ3n) is 4.03. The number of likely N-dealkylation sites (N-methyl/N-ethyl adjacent to an activating group) is 1. The standard InChI is InChI=1S/C20H19ClN4O3/c1-3-24(16-9-5-4-6-10-16)18(26)13-28-20(27)19-14(2)22-25(23-19)17-11-7-8-15(21)12-17/h4-12H,3,13H2,1-2H3. The summed E-state index contributed by atoms with van der Waals surface area (Å²) in [5, 5.41) is 8.92. The van der Waals surface area contributed by atoms with Crippen LogP contribution in [0.5, 0.6) is 0 Å². The van der Waals surface area contributed by atoms with Crippen LogP contribution in [0, 0.1) is 6.92 Å². The minimum atomic E-state index is -0.705. The summed E-state index contributed by atoms with van der Waals surface area (Å²) in [5.74, 6) is -1.02. The molecule has 1 aromatic heterocycles. The summed E-state index contributed by atoms with van der Waals surface area (Å²) in [6.45, 7) is 3.58. The van der Waals surface area contributed by atoms with E-state index in [1.54, 1.807) is 36.1 Å². The SMILES string of the molecule is CCN(C(=O)COC(=O)c1nn(-c2cccc(Cl)c2)nc1C)c1ccccc1. The number of carbonyl (C=O) groups is 2. The first kappa shape index (κ1) is 19.6. The number of aromatic nitrogens is 3. The Bertz CT molecular complexity index is 988. The molecule has 0 aliphatic heterocycles. The van der Waals surface area contributed by atoms with Crippen LogP contribution in [0.25, 0.3) is 5.69 Å². The summed E-state index contributed by atoms with van der Waals surface area (Å²) < 4.78 is 5.18. The number of para-hydroxylation sites is 1. The summed E-state index contributed by atoms with van der Waals surface area (Å²) in [4.78, 5) is 27.7. The van der Waals surface area contributed by atoms with Gasteiger partial charge in [-0.25, -0.2) is 4.79 Å². The van der Waals surface area contributed by atoms with Gasteiger partial charge in [0.2, 0.25) is 0 Å². The van der Waals surface area contributed by atoms with Crippen molar-refractivity contribution in [1.29, 1.82) is 0 Å². The molecule has 3 aromatic rings. The summed E-state index contributed by atoms with van der Waals surface area (Å²) in [6, 6.07) is 16.1. The van der Waals surface area contributed by atoms with Crippen LogP contribution in [0.4, 0.5) is 5.69 Å². The van der Waals surface area contributed by atoms with E-state index in [-0.39, 0.29) is 18.2 Å². The van der Waals surface area contributed by atoms with Gasteiger partial charge in [0.15, 0.2) is 12.3 Å². The highest BCUT2D eigenvalue weighted by Gasteiger charge is 2.21. The van der Waals surface area contributed by atoms with Crippen LogP contribution in [0.1, 0.15) is 23.1 Å². The molecule has 3 rings (SSSR count). The number of ether oxygens (including phenoxy) is 1. The number of aryl methyl sites for hydroxylation is 1. The van der Waals surface area contributed by atoms with Gasteiger partial charge in [-0.15, -0.1) is 5.10 Å². The van der Waals surface area contributed by atoms with E-state index in [2.05, 4.69) is 10.2 Å². The molecule has 1 heterocycles. The molecule has 2 aromatic carbocycles. The first-order valence-electron chi connectivity index (χ1n) is 8.72. The van der Waals surface area contributed by atoms with Crippen LogP contribution in [0.15, 0.2) is 54.6 Å². The maximum absolute atomic E-state index is 12.5. The van der Waals surface area contributed by atoms with Gasteiger partial charge < -0.3 is 9.64 Å². The topological polar surface area (TPSA) is 77.3 Å². The molecule has 7 nitrogen and oxygen atoms in total. The van der Waals surface area contributed by atoms with Crippen molar-refractivity contribution in [1.82, 2.24) is 15.0 Å². The van der Waals surface area contributed by atoms with Crippen molar-refractivity contribution in [2.24, 2.45) is 0 Å². The van der Waals surface area contributed by atoms with E-state index in [4.69, 9.17) is 16.3 Å². The molecular weight excluding hydrogens is 380 g/mol. The summed E-state index contributed by atoms with van der Waals surface area (Å²) in [6.07, 6.45) is 0. The van der Waals surface area contributed by atoms with Crippen molar-refractivity contribution in [2.75, 3.05) is 18.1 Å². The lowest BCUT2D eigenvalue weighted by Gasteiger charge is -2.20. The predicted octanol–water partition coefficient (Wildman–Crippen LogP) is 3.44. The first-order valence-corrected chi connectivity index (χ1v) is 9.09. The molecule has 0 radical (unpaired) electrons. The van der Waals surface area contributed by atoms with E-state index in [0.29, 0.717) is 22.9 Å². The van der Waals surface area contributed by atoms with E-state index in [0.717, 1.165) is 5.69 Å². The first-order chi connectivity index (χ1) is 13.5. The Hall–Kier alpha value is -3.19. The maximum Gasteiger partial charge on any atom is 0.361 e. The van der Waals surface area contributed by atoms with Crippen molar-refractivity contribution in [2.45, 2.75) is 13.8 Å². The number of esters is 1. The molecule has 1 amide bonds. The largest absolute Gasteiger partial charge is 0.451 e. The second-order valence-corrected chi connectivity index (χ2v) is 6.39. The number of amides is 1. The van der Waals surface area contributed by atoms with Crippen molar-refractivity contribution >= 4 is 29.2 Å². The smallest absolute Gasteiger partial charge is 0.361 e. The average molecular weight is 399 g/mol. The number of hydrogen-bond donors (Lipinski definition) is 0. The van der Waals surface area contributed by atoms with Crippen LogP contribution in [-0.2, 0) is 9.53 Å². The Morgan fingerprint density at radius 1 is 1.11 bits per heavy atom. The van der Waals surface area contributed by atoms with E-state index in [1.807, 2.05) is 37.3 Å². The number of nitrogens with zero attached hydrogens (tertiary/aromatic N) is 4. The van der Waals surface area contributed by atoms with E-state index >= 15 is 0 Å². The third kappa shape index (κ3) is 4.37. The zero-order chi connectivity index (χ0) is 20.1. The van der Waals surface area contributed by atoms with Gasteiger partial charge >= 0.3 is 5.97 Å². The lowest BCUT2D eigenvalue weighted by atomic mass is 10.3. The minimum Gasteiger partial charge on any atom is -0.451 e. The average Bonchev–Trinajstić information content (AvgIpc) is 3.09. The fraction of sp³-hybridized carbons (Fsp3) is 0.200. The Morgan fingerprint density at radius 3 is 2.54 bits per heavy atom. The van der Waals surface area contributed by atoms with Crippen molar-refractivity contribution in [3.8, 4) is 5.69 Å². The second-order valence-electron chi connectivity index (χ2n) is 5.95. The Morgan fingerprint density at radius 2 is 1.86 bits per heavy atom. The van der Waals surface area contributed by atoms with Crippen molar-refractivity contribution < 1.29 is 14.3 Å².